The Morgan fingerprint density at radius 1 is 1.12 bits per heavy atom. The Hall–Kier alpha value is -2.02. The lowest BCUT2D eigenvalue weighted by Gasteiger charge is -2.37. The molecule has 0 radical (unpaired) electrons. The van der Waals surface area contributed by atoms with Gasteiger partial charge in [-0.25, -0.2) is 4.68 Å². The fourth-order valence-corrected chi connectivity index (χ4v) is 5.96. The second kappa shape index (κ2) is 9.69. The van der Waals surface area contributed by atoms with Crippen LogP contribution in [0.1, 0.15) is 56.6 Å². The summed E-state index contributed by atoms with van der Waals surface area (Å²) in [6, 6.07) is 7.33. The van der Waals surface area contributed by atoms with Gasteiger partial charge in [-0.15, -0.1) is 0 Å². The summed E-state index contributed by atoms with van der Waals surface area (Å²) in [4.78, 5) is 16.3. The van der Waals surface area contributed by atoms with Gasteiger partial charge in [0.25, 0.3) is 5.91 Å². The summed E-state index contributed by atoms with van der Waals surface area (Å²) < 4.78 is 7.35. The highest BCUT2D eigenvalue weighted by Gasteiger charge is 2.41. The molecule has 8 heteroatoms. The number of hydrogen-bond donors (Lipinski definition) is 1. The van der Waals surface area contributed by atoms with Crippen molar-refractivity contribution in [3.63, 3.8) is 0 Å². The monoisotopic (exact) mass is 488 g/mol. The minimum Gasteiger partial charge on any atom is -0.383 e. The number of hydrogen-bond acceptors (Lipinski definition) is 4. The molecule has 3 aliphatic rings. The number of carbonyl (C=O) groups is 1. The van der Waals surface area contributed by atoms with Crippen molar-refractivity contribution < 1.29 is 9.53 Å². The summed E-state index contributed by atoms with van der Waals surface area (Å²) in [5, 5.41) is 9.20. The molecule has 1 aliphatic carbocycles. The SMILES string of the molecule is COCC1CCCN1C(=O)C1=C(C2CCCCC2)Nc2ccnn2C1c1ccc(Cl)c(Cl)c1. The van der Waals surface area contributed by atoms with E-state index in [9.17, 15) is 4.79 Å². The number of ether oxygens (including phenoxy) is 1. The number of nitrogens with zero attached hydrogens (tertiary/aromatic N) is 3. The number of amides is 1. The van der Waals surface area contributed by atoms with Crippen LogP contribution >= 0.6 is 23.2 Å². The fraction of sp³-hybridized carbons (Fsp3) is 0.520. The molecular formula is C25H30Cl2N4O2. The van der Waals surface area contributed by atoms with Crippen molar-refractivity contribution in [3.05, 3.63) is 57.3 Å². The lowest BCUT2D eigenvalue weighted by molar-refractivity contribution is -0.129. The van der Waals surface area contributed by atoms with Gasteiger partial charge in [0.2, 0.25) is 0 Å². The molecule has 1 saturated heterocycles. The molecule has 5 rings (SSSR count). The third kappa shape index (κ3) is 4.29. The lowest BCUT2D eigenvalue weighted by Crippen LogP contribution is -2.43. The Morgan fingerprint density at radius 2 is 1.94 bits per heavy atom. The van der Waals surface area contributed by atoms with E-state index < -0.39 is 0 Å². The number of benzene rings is 1. The van der Waals surface area contributed by atoms with Gasteiger partial charge in [-0.2, -0.15) is 5.10 Å². The van der Waals surface area contributed by atoms with E-state index in [2.05, 4.69) is 10.4 Å². The summed E-state index contributed by atoms with van der Waals surface area (Å²) >= 11 is 12.7. The first kappa shape index (κ1) is 22.8. The van der Waals surface area contributed by atoms with Crippen LogP contribution in [-0.4, -0.2) is 46.9 Å². The standard InChI is InChI=1S/C25H30Cl2N4O2/c1-33-15-18-8-5-13-30(18)25(32)22-23(16-6-3-2-4-7-16)29-21-11-12-28-31(21)24(22)17-9-10-19(26)20(27)14-17/h9-12,14,16,18,24,29H,2-8,13,15H2,1H3. The van der Waals surface area contributed by atoms with Gasteiger partial charge in [-0.1, -0.05) is 48.5 Å². The molecule has 0 spiro atoms. The molecule has 176 valence electrons. The minimum absolute atomic E-state index is 0.0693. The number of fused-ring (bicyclic) bond motifs is 1. The van der Waals surface area contributed by atoms with Gasteiger partial charge in [-0.05, 0) is 49.3 Å². The second-order valence-electron chi connectivity index (χ2n) is 9.27. The number of aromatic nitrogens is 2. The number of rotatable bonds is 5. The van der Waals surface area contributed by atoms with Gasteiger partial charge in [0, 0.05) is 25.4 Å². The molecule has 2 aromatic rings. The highest BCUT2D eigenvalue weighted by Crippen LogP contribution is 2.43. The van der Waals surface area contributed by atoms with Crippen molar-refractivity contribution in [1.29, 1.82) is 0 Å². The molecule has 2 aliphatic heterocycles. The van der Waals surface area contributed by atoms with Crippen LogP contribution in [0.2, 0.25) is 10.0 Å². The van der Waals surface area contributed by atoms with E-state index in [1.54, 1.807) is 19.4 Å². The molecule has 1 aromatic carbocycles. The van der Waals surface area contributed by atoms with Crippen molar-refractivity contribution in [2.45, 2.75) is 57.0 Å². The Bertz CT molecular complexity index is 1060. The quantitative estimate of drug-likeness (QED) is 0.588. The van der Waals surface area contributed by atoms with E-state index in [0.717, 1.165) is 54.9 Å². The van der Waals surface area contributed by atoms with Crippen LogP contribution in [0, 0.1) is 5.92 Å². The van der Waals surface area contributed by atoms with Crippen molar-refractivity contribution >= 4 is 34.9 Å². The van der Waals surface area contributed by atoms with Crippen molar-refractivity contribution in [2.75, 3.05) is 25.6 Å². The van der Waals surface area contributed by atoms with Gasteiger partial charge in [-0.3, -0.25) is 4.79 Å². The summed E-state index contributed by atoms with van der Waals surface area (Å²) in [7, 11) is 1.70. The van der Waals surface area contributed by atoms with Gasteiger partial charge < -0.3 is 15.0 Å². The minimum atomic E-state index is -0.362. The first-order chi connectivity index (χ1) is 16.1. The van der Waals surface area contributed by atoms with Crippen LogP contribution in [0.3, 0.4) is 0 Å². The Labute approximate surface area is 204 Å². The summed E-state index contributed by atoms with van der Waals surface area (Å²) in [6.07, 6.45) is 9.53. The lowest BCUT2D eigenvalue weighted by atomic mass is 9.81. The van der Waals surface area contributed by atoms with Gasteiger partial charge in [0.1, 0.15) is 11.9 Å². The maximum absolute atomic E-state index is 14.3. The number of carbonyl (C=O) groups excluding carboxylic acids is 1. The molecule has 1 aromatic heterocycles. The van der Waals surface area contributed by atoms with Crippen molar-refractivity contribution in [2.24, 2.45) is 5.92 Å². The van der Waals surface area contributed by atoms with Crippen LogP contribution in [0.5, 0.6) is 0 Å². The predicted octanol–water partition coefficient (Wildman–Crippen LogP) is 5.68. The first-order valence-corrected chi connectivity index (χ1v) is 12.6. The summed E-state index contributed by atoms with van der Waals surface area (Å²) in [5.41, 5.74) is 2.74. The maximum atomic E-state index is 14.3. The normalized spacial score (nSPS) is 23.5. The maximum Gasteiger partial charge on any atom is 0.254 e. The largest absolute Gasteiger partial charge is 0.383 e. The van der Waals surface area contributed by atoms with E-state index in [-0.39, 0.29) is 18.0 Å². The highest BCUT2D eigenvalue weighted by atomic mass is 35.5. The van der Waals surface area contributed by atoms with Crippen LogP contribution < -0.4 is 5.32 Å². The third-order valence-corrected chi connectivity index (χ3v) is 7.98. The topological polar surface area (TPSA) is 59.4 Å². The first-order valence-electron chi connectivity index (χ1n) is 11.9. The zero-order valence-corrected chi connectivity index (χ0v) is 20.4. The molecule has 2 atom stereocenters. The molecule has 2 fully saturated rings. The molecule has 1 saturated carbocycles. The average Bonchev–Trinajstić information content (AvgIpc) is 3.49. The van der Waals surface area contributed by atoms with Crippen molar-refractivity contribution in [3.8, 4) is 0 Å². The van der Waals surface area contributed by atoms with Crippen LogP contribution in [0.25, 0.3) is 0 Å². The molecule has 1 amide bonds. The molecule has 6 nitrogen and oxygen atoms in total. The Kier molecular flexibility index (Phi) is 6.68. The summed E-state index contributed by atoms with van der Waals surface area (Å²) in [6.45, 7) is 1.30. The van der Waals surface area contributed by atoms with Gasteiger partial charge in [0.05, 0.1) is 34.5 Å². The molecule has 33 heavy (non-hydrogen) atoms. The van der Waals surface area contributed by atoms with E-state index in [0.29, 0.717) is 22.6 Å². The fourth-order valence-electron chi connectivity index (χ4n) is 5.65. The number of halogens is 2. The Morgan fingerprint density at radius 3 is 2.70 bits per heavy atom. The van der Waals surface area contributed by atoms with E-state index in [1.165, 1.54) is 19.3 Å². The Balaban J connectivity index is 1.65. The zero-order valence-electron chi connectivity index (χ0n) is 18.9. The van der Waals surface area contributed by atoms with Gasteiger partial charge >= 0.3 is 0 Å². The number of nitrogens with one attached hydrogen (secondary N) is 1. The molecular weight excluding hydrogens is 459 g/mol. The average molecular weight is 489 g/mol. The van der Waals surface area contributed by atoms with E-state index in [1.807, 2.05) is 27.8 Å². The van der Waals surface area contributed by atoms with Crippen LogP contribution in [-0.2, 0) is 9.53 Å². The molecule has 1 N–H and O–H groups in total. The van der Waals surface area contributed by atoms with Gasteiger partial charge in [0.15, 0.2) is 0 Å². The third-order valence-electron chi connectivity index (χ3n) is 7.24. The van der Waals surface area contributed by atoms with E-state index >= 15 is 0 Å². The predicted molar refractivity (Wildman–Crippen MR) is 131 cm³/mol. The van der Waals surface area contributed by atoms with Crippen LogP contribution in [0.15, 0.2) is 41.7 Å². The highest BCUT2D eigenvalue weighted by molar-refractivity contribution is 6.42. The van der Waals surface area contributed by atoms with E-state index in [4.69, 9.17) is 27.9 Å². The molecule has 2 unspecified atom stereocenters. The smallest absolute Gasteiger partial charge is 0.254 e. The number of anilines is 1. The number of likely N-dealkylation sites (tertiary alicyclic amines) is 1. The zero-order chi connectivity index (χ0) is 22.9. The number of methoxy groups -OCH3 is 1. The second-order valence-corrected chi connectivity index (χ2v) is 10.1. The molecule has 3 heterocycles. The number of allylic oxidation sites excluding steroid dienone is 1. The molecule has 0 bridgehead atoms. The summed E-state index contributed by atoms with van der Waals surface area (Å²) in [5.74, 6) is 1.30. The van der Waals surface area contributed by atoms with Crippen LogP contribution in [0.4, 0.5) is 5.82 Å². The van der Waals surface area contributed by atoms with Crippen molar-refractivity contribution in [1.82, 2.24) is 14.7 Å².